The van der Waals surface area contributed by atoms with E-state index in [1.54, 1.807) is 0 Å². The van der Waals surface area contributed by atoms with Crippen LogP contribution < -0.4 is 10.1 Å². The molecule has 2 rings (SSSR count). The van der Waals surface area contributed by atoms with Crippen LogP contribution in [0, 0.1) is 0 Å². The molecule has 4 nitrogen and oxygen atoms in total. The number of halogens is 5. The predicted molar refractivity (Wildman–Crippen MR) is 76.0 cm³/mol. The topological polar surface area (TPSA) is 47.0 Å². The molecule has 0 fully saturated rings. The molecular formula is C12H8BrClF3N3O. The summed E-state index contributed by atoms with van der Waals surface area (Å²) in [6.07, 6.45) is -3.05. The van der Waals surface area contributed by atoms with Crippen molar-refractivity contribution in [1.82, 2.24) is 9.97 Å². The summed E-state index contributed by atoms with van der Waals surface area (Å²) in [6.45, 7) is 0. The second-order valence-electron chi connectivity index (χ2n) is 3.87. The lowest BCUT2D eigenvalue weighted by Gasteiger charge is -2.12. The summed E-state index contributed by atoms with van der Waals surface area (Å²) in [5, 5.41) is 2.75. The number of methoxy groups -OCH3 is 1. The van der Waals surface area contributed by atoms with Crippen LogP contribution in [-0.4, -0.2) is 17.1 Å². The van der Waals surface area contributed by atoms with Gasteiger partial charge in [0.25, 0.3) is 0 Å². The minimum atomic E-state index is -4.46. The molecule has 0 atom stereocenters. The quantitative estimate of drug-likeness (QED) is 0.838. The van der Waals surface area contributed by atoms with Crippen molar-refractivity contribution < 1.29 is 17.9 Å². The predicted octanol–water partition coefficient (Wildman–Crippen LogP) is 4.66. The summed E-state index contributed by atoms with van der Waals surface area (Å²) >= 11 is 9.05. The molecule has 0 saturated carbocycles. The van der Waals surface area contributed by atoms with E-state index in [0.29, 0.717) is 4.47 Å². The van der Waals surface area contributed by atoms with Crippen molar-refractivity contribution in [3.63, 3.8) is 0 Å². The Morgan fingerprint density at radius 2 is 2.05 bits per heavy atom. The molecule has 0 aliphatic carbocycles. The number of benzene rings is 1. The van der Waals surface area contributed by atoms with Gasteiger partial charge in [-0.25, -0.2) is 4.98 Å². The fourth-order valence-corrected chi connectivity index (χ4v) is 1.99. The van der Waals surface area contributed by atoms with Gasteiger partial charge in [-0.2, -0.15) is 18.2 Å². The van der Waals surface area contributed by atoms with Crippen LogP contribution >= 0.6 is 27.5 Å². The van der Waals surface area contributed by atoms with Crippen LogP contribution in [0.15, 0.2) is 28.9 Å². The van der Waals surface area contributed by atoms with E-state index >= 15 is 0 Å². The Kier molecular flexibility index (Phi) is 4.58. The first kappa shape index (κ1) is 15.8. The van der Waals surface area contributed by atoms with Crippen LogP contribution in [0.3, 0.4) is 0 Å². The Balaban J connectivity index is 2.35. The maximum atomic E-state index is 12.7. The second kappa shape index (κ2) is 6.07. The molecule has 1 heterocycles. The molecule has 1 aromatic carbocycles. The monoisotopic (exact) mass is 381 g/mol. The number of nitrogens with one attached hydrogen (secondary N) is 1. The zero-order chi connectivity index (χ0) is 15.6. The molecule has 0 saturated heterocycles. The number of nitrogens with zero attached hydrogens (tertiary/aromatic N) is 2. The summed E-state index contributed by atoms with van der Waals surface area (Å²) < 4.78 is 43.5. The number of ether oxygens (including phenoxy) is 1. The maximum Gasteiger partial charge on any atom is 0.416 e. The third kappa shape index (κ3) is 3.76. The highest BCUT2D eigenvalue weighted by Gasteiger charge is 2.31. The van der Waals surface area contributed by atoms with Gasteiger partial charge in [-0.05, 0) is 34.1 Å². The largest absolute Gasteiger partial charge is 0.480 e. The van der Waals surface area contributed by atoms with E-state index in [1.807, 2.05) is 0 Å². The lowest BCUT2D eigenvalue weighted by Crippen LogP contribution is -2.06. The van der Waals surface area contributed by atoms with Gasteiger partial charge in [0, 0.05) is 0 Å². The van der Waals surface area contributed by atoms with Crippen molar-refractivity contribution in [1.29, 1.82) is 0 Å². The first-order valence-electron chi connectivity index (χ1n) is 5.51. The van der Waals surface area contributed by atoms with Gasteiger partial charge in [0.2, 0.25) is 11.8 Å². The number of aromatic nitrogens is 2. The smallest absolute Gasteiger partial charge is 0.416 e. The van der Waals surface area contributed by atoms with Gasteiger partial charge in [-0.15, -0.1) is 0 Å². The zero-order valence-electron chi connectivity index (χ0n) is 10.5. The molecule has 0 aliphatic rings. The number of anilines is 2. The third-order valence-electron chi connectivity index (χ3n) is 2.45. The molecule has 0 unspecified atom stereocenters. The average Bonchev–Trinajstić information content (AvgIpc) is 2.42. The van der Waals surface area contributed by atoms with Crippen molar-refractivity contribution in [2.45, 2.75) is 6.18 Å². The minimum absolute atomic E-state index is 0.0517. The Bertz CT molecular complexity index is 667. The number of rotatable bonds is 3. The molecule has 0 aliphatic heterocycles. The molecule has 21 heavy (non-hydrogen) atoms. The van der Waals surface area contributed by atoms with Crippen LogP contribution in [0.1, 0.15) is 5.56 Å². The molecule has 9 heteroatoms. The van der Waals surface area contributed by atoms with E-state index in [9.17, 15) is 13.2 Å². The summed E-state index contributed by atoms with van der Waals surface area (Å²) in [4.78, 5) is 7.91. The van der Waals surface area contributed by atoms with Crippen LogP contribution in [-0.2, 0) is 6.18 Å². The van der Waals surface area contributed by atoms with Gasteiger partial charge >= 0.3 is 6.18 Å². The Morgan fingerprint density at radius 1 is 1.33 bits per heavy atom. The Morgan fingerprint density at radius 3 is 2.67 bits per heavy atom. The van der Waals surface area contributed by atoms with Gasteiger partial charge in [-0.3, -0.25) is 0 Å². The van der Waals surface area contributed by atoms with E-state index in [-0.39, 0.29) is 22.5 Å². The van der Waals surface area contributed by atoms with Crippen LogP contribution in [0.4, 0.5) is 24.8 Å². The highest BCUT2D eigenvalue weighted by Crippen LogP contribution is 2.34. The molecule has 0 radical (unpaired) electrons. The van der Waals surface area contributed by atoms with Gasteiger partial charge in [0.1, 0.15) is 0 Å². The summed E-state index contributed by atoms with van der Waals surface area (Å²) in [6, 6.07) is 2.94. The van der Waals surface area contributed by atoms with Gasteiger partial charge in [-0.1, -0.05) is 11.6 Å². The number of hydrogen-bond donors (Lipinski definition) is 1. The van der Waals surface area contributed by atoms with Crippen molar-refractivity contribution in [2.24, 2.45) is 0 Å². The highest BCUT2D eigenvalue weighted by atomic mass is 79.9. The van der Waals surface area contributed by atoms with Crippen molar-refractivity contribution in [2.75, 3.05) is 12.4 Å². The Labute approximate surface area is 131 Å². The summed E-state index contributed by atoms with van der Waals surface area (Å²) in [5.41, 5.74) is -0.769. The first-order chi connectivity index (χ1) is 9.81. The average molecular weight is 383 g/mol. The second-order valence-corrected chi connectivity index (χ2v) is 5.13. The first-order valence-corrected chi connectivity index (χ1v) is 6.68. The molecule has 2 aromatic rings. The van der Waals surface area contributed by atoms with Gasteiger partial charge in [0.15, 0.2) is 0 Å². The zero-order valence-corrected chi connectivity index (χ0v) is 12.8. The summed E-state index contributed by atoms with van der Waals surface area (Å²) in [7, 11) is 1.41. The molecule has 0 bridgehead atoms. The van der Waals surface area contributed by atoms with Crippen LogP contribution in [0.5, 0.6) is 5.88 Å². The van der Waals surface area contributed by atoms with Gasteiger partial charge in [0.05, 0.1) is 34.1 Å². The molecular weight excluding hydrogens is 375 g/mol. The SMILES string of the molecule is COc1nc(Nc2cc(C(F)(F)F)ccc2Cl)ncc1Br. The third-order valence-corrected chi connectivity index (χ3v) is 3.32. The normalized spacial score (nSPS) is 11.3. The fourth-order valence-electron chi connectivity index (χ4n) is 1.47. The van der Waals surface area contributed by atoms with E-state index < -0.39 is 11.7 Å². The number of hydrogen-bond acceptors (Lipinski definition) is 4. The maximum absolute atomic E-state index is 12.7. The fraction of sp³-hybridized carbons (Fsp3) is 0.167. The standard InChI is InChI=1S/C12H8BrClF3N3O/c1-21-10-7(13)5-18-11(20-10)19-9-4-6(12(15,16)17)2-3-8(9)14/h2-5H,1H3,(H,18,19,20). The van der Waals surface area contributed by atoms with Crippen molar-refractivity contribution in [3.8, 4) is 5.88 Å². The van der Waals surface area contributed by atoms with E-state index in [4.69, 9.17) is 16.3 Å². The Hall–Kier alpha value is -1.54. The molecule has 1 N–H and O–H groups in total. The number of alkyl halides is 3. The van der Waals surface area contributed by atoms with Crippen LogP contribution in [0.2, 0.25) is 5.02 Å². The van der Waals surface area contributed by atoms with E-state index in [0.717, 1.165) is 18.2 Å². The molecule has 0 amide bonds. The van der Waals surface area contributed by atoms with Crippen molar-refractivity contribution in [3.05, 3.63) is 39.5 Å². The highest BCUT2D eigenvalue weighted by molar-refractivity contribution is 9.10. The summed E-state index contributed by atoms with van der Waals surface area (Å²) in [5.74, 6) is 0.312. The molecule has 1 aromatic heterocycles. The minimum Gasteiger partial charge on any atom is -0.480 e. The molecule has 112 valence electrons. The van der Waals surface area contributed by atoms with Crippen LogP contribution in [0.25, 0.3) is 0 Å². The van der Waals surface area contributed by atoms with E-state index in [1.165, 1.54) is 13.3 Å². The lowest BCUT2D eigenvalue weighted by atomic mass is 10.2. The lowest BCUT2D eigenvalue weighted by molar-refractivity contribution is -0.137. The van der Waals surface area contributed by atoms with Crippen molar-refractivity contribution >= 4 is 39.2 Å². The molecule has 0 spiro atoms. The van der Waals surface area contributed by atoms with Gasteiger partial charge < -0.3 is 10.1 Å². The van der Waals surface area contributed by atoms with E-state index in [2.05, 4.69) is 31.2 Å².